The molecule has 9 heteroatoms. The van der Waals surface area contributed by atoms with Crippen LogP contribution in [0.5, 0.6) is 0 Å². The third kappa shape index (κ3) is 5.16. The van der Waals surface area contributed by atoms with E-state index in [1.807, 2.05) is 48.5 Å². The zero-order chi connectivity index (χ0) is 24.6. The van der Waals surface area contributed by atoms with Gasteiger partial charge in [-0.15, -0.1) is 0 Å². The van der Waals surface area contributed by atoms with Crippen molar-refractivity contribution in [1.29, 1.82) is 0 Å². The third-order valence-electron chi connectivity index (χ3n) is 6.47. The Balaban J connectivity index is 1.30. The molecule has 3 unspecified atom stereocenters. The lowest BCUT2D eigenvalue weighted by Gasteiger charge is -2.29. The first-order chi connectivity index (χ1) is 17.5. The van der Waals surface area contributed by atoms with Crippen LogP contribution in [0, 0.1) is 0 Å². The summed E-state index contributed by atoms with van der Waals surface area (Å²) in [7, 11) is 0. The molecule has 3 saturated heterocycles. The van der Waals surface area contributed by atoms with E-state index in [0.717, 1.165) is 16.7 Å². The lowest BCUT2D eigenvalue weighted by atomic mass is 10.0. The van der Waals surface area contributed by atoms with Crippen molar-refractivity contribution in [2.45, 2.75) is 43.3 Å². The van der Waals surface area contributed by atoms with Gasteiger partial charge in [0.15, 0.2) is 18.9 Å². The van der Waals surface area contributed by atoms with Gasteiger partial charge in [0.2, 0.25) is 0 Å². The normalized spacial score (nSPS) is 32.2. The highest BCUT2D eigenvalue weighted by Gasteiger charge is 2.51. The fourth-order valence-electron chi connectivity index (χ4n) is 4.62. The van der Waals surface area contributed by atoms with E-state index in [2.05, 4.69) is 0 Å². The zero-order valence-corrected chi connectivity index (χ0v) is 21.2. The van der Waals surface area contributed by atoms with Gasteiger partial charge in [0.05, 0.1) is 13.2 Å². The maximum absolute atomic E-state index is 6.47. The molecule has 188 valence electrons. The first-order valence-electron chi connectivity index (χ1n) is 11.6. The molecule has 0 spiro atoms. The van der Waals surface area contributed by atoms with Crippen LogP contribution in [-0.4, -0.2) is 37.6 Å². The monoisotopic (exact) mass is 548 g/mol. The average molecular weight is 550 g/mol. The van der Waals surface area contributed by atoms with Crippen LogP contribution in [0.1, 0.15) is 35.6 Å². The summed E-state index contributed by atoms with van der Waals surface area (Å²) in [6, 6.07) is 22.1. The number of ether oxygens (including phenoxy) is 6. The van der Waals surface area contributed by atoms with Gasteiger partial charge < -0.3 is 28.4 Å². The van der Waals surface area contributed by atoms with Crippen LogP contribution in [0.2, 0.25) is 15.1 Å². The molecule has 6 nitrogen and oxygen atoms in total. The molecule has 2 bridgehead atoms. The Labute approximate surface area is 223 Å². The van der Waals surface area contributed by atoms with Crippen molar-refractivity contribution in [1.82, 2.24) is 0 Å². The Morgan fingerprint density at radius 1 is 0.444 bits per heavy atom. The van der Waals surface area contributed by atoms with Gasteiger partial charge in [-0.1, -0.05) is 71.2 Å². The number of benzene rings is 3. The maximum Gasteiger partial charge on any atom is 0.184 e. The molecule has 0 aromatic heterocycles. The minimum absolute atomic E-state index is 0.200. The Morgan fingerprint density at radius 3 is 1.17 bits per heavy atom. The summed E-state index contributed by atoms with van der Waals surface area (Å²) in [6.07, 6.45) is -3.74. The fourth-order valence-corrected chi connectivity index (χ4v) is 5.00. The molecule has 0 saturated carbocycles. The number of halogens is 3. The molecular formula is C27H23Cl3O6. The minimum atomic E-state index is -0.664. The first kappa shape index (κ1) is 24.6. The molecule has 0 radical (unpaired) electrons. The molecule has 3 aliphatic heterocycles. The van der Waals surface area contributed by atoms with Crippen molar-refractivity contribution in [3.05, 3.63) is 105 Å². The van der Waals surface area contributed by atoms with Crippen LogP contribution in [0.15, 0.2) is 72.8 Å². The van der Waals surface area contributed by atoms with Gasteiger partial charge in [0.25, 0.3) is 0 Å². The van der Waals surface area contributed by atoms with E-state index in [1.165, 1.54) is 0 Å². The maximum atomic E-state index is 6.47. The van der Waals surface area contributed by atoms with Crippen molar-refractivity contribution >= 4 is 34.8 Å². The molecule has 0 aliphatic carbocycles. The van der Waals surface area contributed by atoms with Crippen molar-refractivity contribution in [2.24, 2.45) is 0 Å². The van der Waals surface area contributed by atoms with E-state index < -0.39 is 43.3 Å². The molecule has 0 amide bonds. The summed E-state index contributed by atoms with van der Waals surface area (Å²) < 4.78 is 38.2. The van der Waals surface area contributed by atoms with Crippen LogP contribution >= 0.6 is 34.8 Å². The predicted molar refractivity (Wildman–Crippen MR) is 134 cm³/mol. The molecule has 3 aromatic carbocycles. The quantitative estimate of drug-likeness (QED) is 0.364. The fraction of sp³-hybridized carbons (Fsp3) is 0.333. The summed E-state index contributed by atoms with van der Waals surface area (Å²) in [5.74, 6) is 0. The molecule has 3 aliphatic rings. The smallest absolute Gasteiger partial charge is 0.184 e. The summed E-state index contributed by atoms with van der Waals surface area (Å²) in [4.78, 5) is 0. The second-order valence-electron chi connectivity index (χ2n) is 8.87. The number of hydrogen-bond donors (Lipinski definition) is 0. The molecule has 36 heavy (non-hydrogen) atoms. The second-order valence-corrected chi connectivity index (χ2v) is 10.2. The standard InChI is InChI=1S/C27H23Cl3O6/c28-18-7-1-15(2-8-18)25-31-13-21-23-24(36-27(35-23)17-5-11-20(30)12-6-17)22(14-32-25)34-26(33-21)16-3-9-19(29)10-4-16/h1-12,21-27H,13-14H2/t21-,22+,23-,24-,25?,26?,27?/m0/s1. The Morgan fingerprint density at radius 2 is 0.778 bits per heavy atom. The van der Waals surface area contributed by atoms with Gasteiger partial charge in [-0.3, -0.25) is 0 Å². The number of hydrogen-bond acceptors (Lipinski definition) is 6. The topological polar surface area (TPSA) is 55.4 Å². The number of rotatable bonds is 3. The second kappa shape index (κ2) is 10.6. The van der Waals surface area contributed by atoms with E-state index in [1.54, 1.807) is 24.3 Å². The van der Waals surface area contributed by atoms with Crippen LogP contribution in [0.3, 0.4) is 0 Å². The molecule has 3 aromatic rings. The van der Waals surface area contributed by atoms with Gasteiger partial charge >= 0.3 is 0 Å². The van der Waals surface area contributed by atoms with E-state index in [-0.39, 0.29) is 13.2 Å². The average Bonchev–Trinajstić information content (AvgIpc) is 3.29. The SMILES string of the molecule is Clc1ccc(C2OC[C@@H]3OC(c4ccc(Cl)cc4)O[C@H](CO2)[C@@H]2OC(c4ccc(Cl)cc4)O[C@H]23)cc1. The summed E-state index contributed by atoms with van der Waals surface area (Å²) in [6.45, 7) is 0.399. The Hall–Kier alpha value is -1.71. The van der Waals surface area contributed by atoms with Gasteiger partial charge in [0, 0.05) is 31.8 Å². The first-order valence-corrected chi connectivity index (χ1v) is 12.8. The highest BCUT2D eigenvalue weighted by molar-refractivity contribution is 6.31. The van der Waals surface area contributed by atoms with Crippen molar-refractivity contribution < 1.29 is 28.4 Å². The van der Waals surface area contributed by atoms with E-state index in [9.17, 15) is 0 Å². The van der Waals surface area contributed by atoms with Gasteiger partial charge in [-0.25, -0.2) is 0 Å². The molecule has 3 heterocycles. The van der Waals surface area contributed by atoms with Crippen LogP contribution in [-0.2, 0) is 28.4 Å². The van der Waals surface area contributed by atoms with E-state index in [4.69, 9.17) is 63.2 Å². The largest absolute Gasteiger partial charge is 0.346 e. The van der Waals surface area contributed by atoms with Crippen LogP contribution in [0.25, 0.3) is 0 Å². The van der Waals surface area contributed by atoms with Crippen LogP contribution < -0.4 is 0 Å². The van der Waals surface area contributed by atoms with Crippen molar-refractivity contribution in [3.63, 3.8) is 0 Å². The Kier molecular flexibility index (Phi) is 7.23. The predicted octanol–water partition coefficient (Wildman–Crippen LogP) is 6.66. The van der Waals surface area contributed by atoms with Crippen LogP contribution in [0.4, 0.5) is 0 Å². The van der Waals surface area contributed by atoms with Crippen molar-refractivity contribution in [3.8, 4) is 0 Å². The van der Waals surface area contributed by atoms with Crippen molar-refractivity contribution in [2.75, 3.05) is 13.2 Å². The van der Waals surface area contributed by atoms with E-state index in [0.29, 0.717) is 15.1 Å². The summed E-state index contributed by atoms with van der Waals surface area (Å²) >= 11 is 18.2. The highest BCUT2D eigenvalue weighted by atomic mass is 35.5. The molecule has 6 rings (SSSR count). The lowest BCUT2D eigenvalue weighted by molar-refractivity contribution is -0.266. The minimum Gasteiger partial charge on any atom is -0.346 e. The van der Waals surface area contributed by atoms with Gasteiger partial charge in [-0.2, -0.15) is 0 Å². The molecule has 3 fully saturated rings. The Bertz CT molecular complexity index is 1100. The highest BCUT2D eigenvalue weighted by Crippen LogP contribution is 2.42. The third-order valence-corrected chi connectivity index (χ3v) is 7.22. The van der Waals surface area contributed by atoms with E-state index >= 15 is 0 Å². The lowest BCUT2D eigenvalue weighted by Crippen LogP contribution is -2.43. The summed E-state index contributed by atoms with van der Waals surface area (Å²) in [5.41, 5.74) is 2.54. The zero-order valence-electron chi connectivity index (χ0n) is 19.0. The molecular weight excluding hydrogens is 527 g/mol. The van der Waals surface area contributed by atoms with Gasteiger partial charge in [0.1, 0.15) is 24.4 Å². The molecule has 0 N–H and O–H groups in total. The molecule has 7 atom stereocenters. The summed E-state index contributed by atoms with van der Waals surface area (Å²) in [5, 5.41) is 1.91. The van der Waals surface area contributed by atoms with Gasteiger partial charge in [-0.05, 0) is 36.4 Å².